The van der Waals surface area contributed by atoms with Crippen molar-refractivity contribution in [2.24, 2.45) is 5.73 Å². The van der Waals surface area contributed by atoms with Crippen LogP contribution in [0.5, 0.6) is 0 Å². The van der Waals surface area contributed by atoms with Crippen LogP contribution in [0.15, 0.2) is 12.1 Å². The molecule has 0 unspecified atom stereocenters. The average molecular weight is 195 g/mol. The molecule has 1 aromatic carbocycles. The zero-order chi connectivity index (χ0) is 10.7. The van der Waals surface area contributed by atoms with Crippen molar-refractivity contribution in [2.75, 3.05) is 11.9 Å². The first-order valence-corrected chi connectivity index (χ1v) is 4.34. The molecule has 3 nitrogen and oxygen atoms in total. The van der Waals surface area contributed by atoms with Crippen LogP contribution in [0.25, 0.3) is 0 Å². The molecule has 0 saturated carbocycles. The van der Waals surface area contributed by atoms with Gasteiger partial charge in [0.2, 0.25) is 0 Å². The van der Waals surface area contributed by atoms with Gasteiger partial charge in [-0.3, -0.25) is 5.41 Å². The largest absolute Gasteiger partial charge is 0.386 e. The highest BCUT2D eigenvalue weighted by molar-refractivity contribution is 5.81. The molecule has 0 saturated heterocycles. The maximum atomic E-state index is 13.2. The van der Waals surface area contributed by atoms with E-state index in [0.717, 1.165) is 5.69 Å². The number of halogens is 1. The number of benzene rings is 1. The van der Waals surface area contributed by atoms with E-state index in [4.69, 9.17) is 11.1 Å². The topological polar surface area (TPSA) is 61.9 Å². The second kappa shape index (κ2) is 4.09. The van der Waals surface area contributed by atoms with Gasteiger partial charge in [-0.15, -0.1) is 0 Å². The highest BCUT2D eigenvalue weighted by Gasteiger charge is 2.03. The van der Waals surface area contributed by atoms with Gasteiger partial charge >= 0.3 is 0 Å². The molecule has 0 spiro atoms. The number of rotatable bonds is 3. The highest BCUT2D eigenvalue weighted by atomic mass is 19.1. The van der Waals surface area contributed by atoms with E-state index in [0.29, 0.717) is 11.1 Å². The number of anilines is 1. The standard InChI is InChI=1S/C10H14FN3/c1-6-3-8(14-5-9(12)13)4-7(2)10(6)11/h3-4,14H,5H2,1-2H3,(H3,12,13). The molecule has 0 aliphatic carbocycles. The van der Waals surface area contributed by atoms with Crippen LogP contribution in [0.3, 0.4) is 0 Å². The molecular formula is C10H14FN3. The summed E-state index contributed by atoms with van der Waals surface area (Å²) >= 11 is 0. The van der Waals surface area contributed by atoms with Gasteiger partial charge in [0.05, 0.1) is 6.54 Å². The third-order valence-corrected chi connectivity index (χ3v) is 1.92. The summed E-state index contributed by atoms with van der Waals surface area (Å²) in [7, 11) is 0. The first kappa shape index (κ1) is 10.5. The van der Waals surface area contributed by atoms with E-state index >= 15 is 0 Å². The molecule has 1 rings (SSSR count). The van der Waals surface area contributed by atoms with E-state index in [1.165, 1.54) is 0 Å². The Morgan fingerprint density at radius 3 is 2.36 bits per heavy atom. The number of aryl methyl sites for hydroxylation is 2. The first-order valence-electron chi connectivity index (χ1n) is 4.34. The fourth-order valence-corrected chi connectivity index (χ4v) is 1.25. The van der Waals surface area contributed by atoms with Gasteiger partial charge in [-0.05, 0) is 37.1 Å². The van der Waals surface area contributed by atoms with Crippen LogP contribution in [0.2, 0.25) is 0 Å². The van der Waals surface area contributed by atoms with Gasteiger partial charge in [-0.2, -0.15) is 0 Å². The van der Waals surface area contributed by atoms with Crippen LogP contribution in [-0.2, 0) is 0 Å². The molecule has 0 heterocycles. The number of nitrogens with one attached hydrogen (secondary N) is 2. The van der Waals surface area contributed by atoms with Crippen LogP contribution in [0, 0.1) is 25.1 Å². The van der Waals surface area contributed by atoms with Gasteiger partial charge in [-0.1, -0.05) is 0 Å². The molecule has 76 valence electrons. The molecule has 0 aliphatic heterocycles. The normalized spacial score (nSPS) is 9.93. The van der Waals surface area contributed by atoms with Gasteiger partial charge in [0.15, 0.2) is 0 Å². The molecule has 14 heavy (non-hydrogen) atoms. The highest BCUT2D eigenvalue weighted by Crippen LogP contribution is 2.17. The fourth-order valence-electron chi connectivity index (χ4n) is 1.25. The van der Waals surface area contributed by atoms with Gasteiger partial charge in [0, 0.05) is 5.69 Å². The van der Waals surface area contributed by atoms with E-state index < -0.39 is 0 Å². The summed E-state index contributed by atoms with van der Waals surface area (Å²) in [5.74, 6) is -0.122. The molecule has 4 heteroatoms. The maximum absolute atomic E-state index is 13.2. The van der Waals surface area contributed by atoms with Crippen LogP contribution in [0.4, 0.5) is 10.1 Å². The van der Waals surface area contributed by atoms with Crippen molar-refractivity contribution in [3.8, 4) is 0 Å². The SMILES string of the molecule is Cc1cc(NCC(=N)N)cc(C)c1F. The summed E-state index contributed by atoms with van der Waals surface area (Å²) in [6.07, 6.45) is 0. The molecular weight excluding hydrogens is 181 g/mol. The van der Waals surface area contributed by atoms with Crippen LogP contribution in [0.1, 0.15) is 11.1 Å². The molecule has 4 N–H and O–H groups in total. The second-order valence-electron chi connectivity index (χ2n) is 3.30. The molecule has 0 fully saturated rings. The minimum atomic E-state index is -0.182. The van der Waals surface area contributed by atoms with Crippen LogP contribution in [-0.4, -0.2) is 12.4 Å². The Morgan fingerprint density at radius 1 is 1.43 bits per heavy atom. The summed E-state index contributed by atoms with van der Waals surface area (Å²) in [5, 5.41) is 9.97. The van der Waals surface area contributed by atoms with Crippen LogP contribution >= 0.6 is 0 Å². The third kappa shape index (κ3) is 2.45. The number of hydrogen-bond acceptors (Lipinski definition) is 2. The van der Waals surface area contributed by atoms with Crippen molar-refractivity contribution in [2.45, 2.75) is 13.8 Å². The lowest BCUT2D eigenvalue weighted by molar-refractivity contribution is 0.609. The predicted octanol–water partition coefficient (Wildman–Crippen LogP) is 1.79. The van der Waals surface area contributed by atoms with Crippen molar-refractivity contribution in [1.29, 1.82) is 5.41 Å². The van der Waals surface area contributed by atoms with Crippen molar-refractivity contribution in [1.82, 2.24) is 0 Å². The zero-order valence-electron chi connectivity index (χ0n) is 8.32. The second-order valence-corrected chi connectivity index (χ2v) is 3.30. The van der Waals surface area contributed by atoms with E-state index in [-0.39, 0.29) is 18.2 Å². The maximum Gasteiger partial charge on any atom is 0.129 e. The Hall–Kier alpha value is -1.58. The van der Waals surface area contributed by atoms with Gasteiger partial charge in [0.1, 0.15) is 11.7 Å². The summed E-state index contributed by atoms with van der Waals surface area (Å²) in [5.41, 5.74) is 7.17. The van der Waals surface area contributed by atoms with E-state index in [2.05, 4.69) is 5.32 Å². The average Bonchev–Trinajstić information content (AvgIpc) is 2.10. The minimum Gasteiger partial charge on any atom is -0.386 e. The minimum absolute atomic E-state index is 0.0598. The van der Waals surface area contributed by atoms with Crippen molar-refractivity contribution in [3.05, 3.63) is 29.1 Å². The van der Waals surface area contributed by atoms with E-state index in [9.17, 15) is 4.39 Å². The fraction of sp³-hybridized carbons (Fsp3) is 0.300. The molecule has 0 atom stereocenters. The van der Waals surface area contributed by atoms with Gasteiger partial charge in [0.25, 0.3) is 0 Å². The summed E-state index contributed by atoms with van der Waals surface area (Å²) < 4.78 is 13.2. The molecule has 0 bridgehead atoms. The Bertz CT molecular complexity index is 337. The number of hydrogen-bond donors (Lipinski definition) is 3. The number of amidine groups is 1. The molecule has 0 aliphatic rings. The summed E-state index contributed by atoms with van der Waals surface area (Å²) in [6.45, 7) is 3.70. The smallest absolute Gasteiger partial charge is 0.129 e. The third-order valence-electron chi connectivity index (χ3n) is 1.92. The Kier molecular flexibility index (Phi) is 3.06. The molecule has 0 amide bonds. The Balaban J connectivity index is 2.84. The first-order chi connectivity index (χ1) is 6.50. The lowest BCUT2D eigenvalue weighted by Gasteiger charge is -2.08. The molecule has 0 aromatic heterocycles. The molecule has 1 aromatic rings. The van der Waals surface area contributed by atoms with Crippen molar-refractivity contribution in [3.63, 3.8) is 0 Å². The zero-order valence-corrected chi connectivity index (χ0v) is 8.32. The summed E-state index contributed by atoms with van der Waals surface area (Å²) in [6, 6.07) is 3.40. The predicted molar refractivity (Wildman–Crippen MR) is 56.3 cm³/mol. The lowest BCUT2D eigenvalue weighted by atomic mass is 10.1. The lowest BCUT2D eigenvalue weighted by Crippen LogP contribution is -2.21. The molecule has 0 radical (unpaired) electrons. The van der Waals surface area contributed by atoms with Gasteiger partial charge < -0.3 is 11.1 Å². The number of nitrogens with two attached hydrogens (primary N) is 1. The Labute approximate surface area is 82.6 Å². The Morgan fingerprint density at radius 2 is 1.93 bits per heavy atom. The van der Waals surface area contributed by atoms with Crippen molar-refractivity contribution >= 4 is 11.5 Å². The van der Waals surface area contributed by atoms with E-state index in [1.54, 1.807) is 26.0 Å². The summed E-state index contributed by atoms with van der Waals surface area (Å²) in [4.78, 5) is 0. The monoisotopic (exact) mass is 195 g/mol. The quantitative estimate of drug-likeness (QED) is 0.508. The van der Waals surface area contributed by atoms with E-state index in [1.807, 2.05) is 0 Å². The van der Waals surface area contributed by atoms with Crippen molar-refractivity contribution < 1.29 is 4.39 Å². The van der Waals surface area contributed by atoms with Crippen LogP contribution < -0.4 is 11.1 Å². The van der Waals surface area contributed by atoms with Gasteiger partial charge in [-0.25, -0.2) is 4.39 Å².